The second-order valence-corrected chi connectivity index (χ2v) is 5.59. The smallest absolute Gasteiger partial charge is 0.241 e. The third-order valence-corrected chi connectivity index (χ3v) is 4.02. The van der Waals surface area contributed by atoms with Crippen molar-refractivity contribution in [3.05, 3.63) is 42.0 Å². The molecule has 0 bridgehead atoms. The zero-order valence-electron chi connectivity index (χ0n) is 12.1. The molecular weight excluding hydrogens is 284 g/mol. The zero-order valence-corrected chi connectivity index (χ0v) is 12.9. The van der Waals surface area contributed by atoms with E-state index in [1.54, 1.807) is 13.3 Å². The first kappa shape index (κ1) is 13.8. The average Bonchev–Trinajstić information content (AvgIpc) is 2.88. The number of hydrogen-bond acceptors (Lipinski definition) is 5. The molecule has 0 unspecified atom stereocenters. The van der Waals surface area contributed by atoms with Gasteiger partial charge < -0.3 is 14.4 Å². The Morgan fingerprint density at radius 3 is 2.95 bits per heavy atom. The Morgan fingerprint density at radius 2 is 2.14 bits per heavy atom. The topological polar surface area (TPSA) is 62.8 Å². The molecule has 5 nitrogen and oxygen atoms in total. The van der Waals surface area contributed by atoms with E-state index < -0.39 is 0 Å². The Morgan fingerprint density at radius 1 is 1.29 bits per heavy atom. The van der Waals surface area contributed by atoms with Crippen LogP contribution in [0.2, 0.25) is 0 Å². The van der Waals surface area contributed by atoms with E-state index in [2.05, 4.69) is 44.8 Å². The van der Waals surface area contributed by atoms with Crippen LogP contribution in [0.5, 0.6) is 5.88 Å². The van der Waals surface area contributed by atoms with E-state index in [1.165, 1.54) is 22.9 Å². The number of nitrogens with one attached hydrogen (secondary N) is 2. The highest BCUT2D eigenvalue weighted by Gasteiger charge is 2.09. The molecule has 6 heteroatoms. The minimum absolute atomic E-state index is 0.547. The maximum absolute atomic E-state index is 5.26. The maximum atomic E-state index is 5.26. The second kappa shape index (κ2) is 5.65. The quantitative estimate of drug-likeness (QED) is 0.719. The van der Waals surface area contributed by atoms with Crippen molar-refractivity contribution in [2.45, 2.75) is 18.7 Å². The Balaban J connectivity index is 1.83. The molecule has 0 aliphatic carbocycles. The molecule has 0 radical (unpaired) electrons. The predicted molar refractivity (Wildman–Crippen MR) is 85.8 cm³/mol. The molecule has 2 heterocycles. The van der Waals surface area contributed by atoms with Crippen LogP contribution in [0.3, 0.4) is 0 Å². The van der Waals surface area contributed by atoms with Crippen molar-refractivity contribution in [1.29, 1.82) is 0 Å². The van der Waals surface area contributed by atoms with Gasteiger partial charge in [-0.05, 0) is 37.4 Å². The number of nitrogens with zero attached hydrogens (tertiary/aromatic N) is 2. The summed E-state index contributed by atoms with van der Waals surface area (Å²) in [7, 11) is 1.60. The number of hydrogen-bond donors (Lipinski definition) is 2. The van der Waals surface area contributed by atoms with Crippen molar-refractivity contribution in [2.24, 2.45) is 0 Å². The number of rotatable bonds is 4. The first-order valence-corrected chi connectivity index (χ1v) is 7.37. The summed E-state index contributed by atoms with van der Waals surface area (Å²) in [5.41, 5.74) is 3.13. The molecule has 3 rings (SSSR count). The highest BCUT2D eigenvalue weighted by molar-refractivity contribution is 8.00. The minimum atomic E-state index is 0.547. The van der Waals surface area contributed by atoms with Crippen LogP contribution in [0.4, 0.5) is 5.69 Å². The summed E-state index contributed by atoms with van der Waals surface area (Å²) in [6.07, 6.45) is 3.72. The lowest BCUT2D eigenvalue weighted by atomic mass is 10.2. The molecule has 108 valence electrons. The molecule has 0 atom stereocenters. The van der Waals surface area contributed by atoms with Gasteiger partial charge in [-0.1, -0.05) is 12.1 Å². The van der Waals surface area contributed by atoms with Crippen LogP contribution >= 0.6 is 11.9 Å². The summed E-state index contributed by atoms with van der Waals surface area (Å²) in [6, 6.07) is 6.36. The van der Waals surface area contributed by atoms with Gasteiger partial charge in [-0.25, -0.2) is 4.98 Å². The van der Waals surface area contributed by atoms with E-state index in [-0.39, 0.29) is 0 Å². The lowest BCUT2D eigenvalue weighted by Gasteiger charge is -2.08. The first-order chi connectivity index (χ1) is 10.2. The summed E-state index contributed by atoms with van der Waals surface area (Å²) in [6.45, 7) is 3.92. The number of aromatic nitrogens is 3. The normalized spacial score (nSPS) is 10.8. The van der Waals surface area contributed by atoms with Crippen LogP contribution in [0.25, 0.3) is 10.9 Å². The summed E-state index contributed by atoms with van der Waals surface area (Å²) >= 11 is 1.51. The van der Waals surface area contributed by atoms with Gasteiger partial charge in [-0.15, -0.1) is 0 Å². The SMILES string of the molecule is COc1nc(C)ncc1NSc1c[nH]c2cc(C)ccc12. The van der Waals surface area contributed by atoms with Gasteiger partial charge in [0.2, 0.25) is 5.88 Å². The third kappa shape index (κ3) is 2.80. The number of methoxy groups -OCH3 is 1. The summed E-state index contributed by atoms with van der Waals surface area (Å²) in [5.74, 6) is 1.23. The van der Waals surface area contributed by atoms with Crippen LogP contribution in [0, 0.1) is 13.8 Å². The summed E-state index contributed by atoms with van der Waals surface area (Å²) in [4.78, 5) is 12.8. The number of ether oxygens (including phenoxy) is 1. The van der Waals surface area contributed by atoms with Crippen LogP contribution in [0.15, 0.2) is 35.5 Å². The van der Waals surface area contributed by atoms with Crippen molar-refractivity contribution < 1.29 is 4.74 Å². The summed E-state index contributed by atoms with van der Waals surface area (Å²) < 4.78 is 8.51. The van der Waals surface area contributed by atoms with Crippen LogP contribution in [-0.2, 0) is 0 Å². The lowest BCUT2D eigenvalue weighted by Crippen LogP contribution is -1.98. The lowest BCUT2D eigenvalue weighted by molar-refractivity contribution is 0.398. The van der Waals surface area contributed by atoms with E-state index in [1.807, 2.05) is 13.1 Å². The van der Waals surface area contributed by atoms with Crippen molar-refractivity contribution in [3.8, 4) is 5.88 Å². The molecule has 0 saturated carbocycles. The average molecular weight is 300 g/mol. The van der Waals surface area contributed by atoms with Gasteiger partial charge >= 0.3 is 0 Å². The molecule has 0 aliphatic rings. The van der Waals surface area contributed by atoms with E-state index in [0.29, 0.717) is 11.7 Å². The third-order valence-electron chi connectivity index (χ3n) is 3.14. The number of aromatic amines is 1. The molecule has 2 N–H and O–H groups in total. The largest absolute Gasteiger partial charge is 0.479 e. The van der Waals surface area contributed by atoms with Crippen LogP contribution in [0.1, 0.15) is 11.4 Å². The Kier molecular flexibility index (Phi) is 3.70. The predicted octanol–water partition coefficient (Wildman–Crippen LogP) is 3.70. The molecule has 3 aromatic rings. The molecular formula is C15H16N4OS. The molecule has 1 aromatic carbocycles. The van der Waals surface area contributed by atoms with E-state index >= 15 is 0 Å². The fourth-order valence-electron chi connectivity index (χ4n) is 2.08. The van der Waals surface area contributed by atoms with E-state index in [0.717, 1.165) is 16.1 Å². The van der Waals surface area contributed by atoms with Crippen molar-refractivity contribution in [2.75, 3.05) is 11.8 Å². The van der Waals surface area contributed by atoms with Gasteiger partial charge in [0.1, 0.15) is 11.5 Å². The monoisotopic (exact) mass is 300 g/mol. The zero-order chi connectivity index (χ0) is 14.8. The molecule has 0 amide bonds. The van der Waals surface area contributed by atoms with Gasteiger partial charge in [-0.3, -0.25) is 0 Å². The minimum Gasteiger partial charge on any atom is -0.479 e. The number of benzene rings is 1. The number of aryl methyl sites for hydroxylation is 2. The van der Waals surface area contributed by atoms with Crippen LogP contribution in [-0.4, -0.2) is 22.1 Å². The van der Waals surface area contributed by atoms with Gasteiger partial charge in [0.05, 0.1) is 18.2 Å². The van der Waals surface area contributed by atoms with Gasteiger partial charge in [-0.2, -0.15) is 4.98 Å². The molecule has 0 spiro atoms. The van der Waals surface area contributed by atoms with Crippen molar-refractivity contribution in [3.63, 3.8) is 0 Å². The Labute approximate surface area is 127 Å². The van der Waals surface area contributed by atoms with Gasteiger partial charge in [0.15, 0.2) is 0 Å². The number of H-pyrrole nitrogens is 1. The Bertz CT molecular complexity index is 784. The Hall–Kier alpha value is -2.21. The standard InChI is InChI=1S/C15H16N4OS/c1-9-4-5-11-12(6-9)17-8-14(11)21-19-13-7-16-10(2)18-15(13)20-3/h4-8,17,19H,1-3H3. The number of anilines is 1. The molecule has 0 fully saturated rings. The highest BCUT2D eigenvalue weighted by Crippen LogP contribution is 2.31. The molecule has 21 heavy (non-hydrogen) atoms. The van der Waals surface area contributed by atoms with E-state index in [9.17, 15) is 0 Å². The van der Waals surface area contributed by atoms with Crippen molar-refractivity contribution in [1.82, 2.24) is 15.0 Å². The maximum Gasteiger partial charge on any atom is 0.241 e. The fourth-order valence-corrected chi connectivity index (χ4v) is 2.85. The van der Waals surface area contributed by atoms with E-state index in [4.69, 9.17) is 4.74 Å². The summed E-state index contributed by atoms with van der Waals surface area (Å²) in [5, 5.41) is 1.19. The van der Waals surface area contributed by atoms with Crippen molar-refractivity contribution >= 4 is 28.5 Å². The fraction of sp³-hybridized carbons (Fsp3) is 0.200. The molecule has 0 aliphatic heterocycles. The van der Waals surface area contributed by atoms with Gasteiger partial charge in [0, 0.05) is 17.1 Å². The highest BCUT2D eigenvalue weighted by atomic mass is 32.2. The number of fused-ring (bicyclic) bond motifs is 1. The van der Waals surface area contributed by atoms with Crippen LogP contribution < -0.4 is 9.46 Å². The second-order valence-electron chi connectivity index (χ2n) is 4.75. The first-order valence-electron chi connectivity index (χ1n) is 6.55. The molecule has 2 aromatic heterocycles. The molecule has 0 saturated heterocycles. The van der Waals surface area contributed by atoms with Gasteiger partial charge in [0.25, 0.3) is 0 Å².